The molecule has 1 N–H and O–H groups in total. The van der Waals surface area contributed by atoms with Gasteiger partial charge in [-0.2, -0.15) is 5.10 Å². The second-order valence-electron chi connectivity index (χ2n) is 5.84. The number of halogens is 1. The number of hydrogen-bond donors (Lipinski definition) is 1. The Labute approximate surface area is 169 Å². The molecule has 0 radical (unpaired) electrons. The number of fused-ring (bicyclic) bond motifs is 1. The number of thioether (sulfide) groups is 1. The number of amides is 1. The van der Waals surface area contributed by atoms with Gasteiger partial charge >= 0.3 is 0 Å². The molecular formula is C19H15ClN4OS2. The molecule has 5 nitrogen and oxygen atoms in total. The minimum Gasteiger partial charge on any atom is -0.324 e. The molecule has 8 heteroatoms. The van der Waals surface area contributed by atoms with Crippen LogP contribution in [0.15, 0.2) is 59.2 Å². The van der Waals surface area contributed by atoms with Gasteiger partial charge in [-0.05, 0) is 36.1 Å². The number of anilines is 1. The molecule has 0 atom stereocenters. The minimum absolute atomic E-state index is 0.127. The average Bonchev–Trinajstić information content (AvgIpc) is 3.32. The molecular weight excluding hydrogens is 400 g/mol. The fraction of sp³-hybridized carbons (Fsp3) is 0.105. The molecule has 27 heavy (non-hydrogen) atoms. The van der Waals surface area contributed by atoms with Crippen molar-refractivity contribution in [3.8, 4) is 10.6 Å². The molecule has 4 rings (SSSR count). The van der Waals surface area contributed by atoms with Crippen LogP contribution in [-0.4, -0.2) is 26.3 Å². The van der Waals surface area contributed by atoms with Crippen LogP contribution in [0.3, 0.4) is 0 Å². The lowest BCUT2D eigenvalue weighted by Crippen LogP contribution is -2.15. The normalized spacial score (nSPS) is 11.0. The van der Waals surface area contributed by atoms with E-state index >= 15 is 0 Å². The van der Waals surface area contributed by atoms with Gasteiger partial charge in [0.05, 0.1) is 26.9 Å². The molecule has 0 unspecified atom stereocenters. The van der Waals surface area contributed by atoms with Crippen LogP contribution in [0, 0.1) is 6.92 Å². The van der Waals surface area contributed by atoms with Crippen molar-refractivity contribution < 1.29 is 4.79 Å². The SMILES string of the molecule is Cc1cccc(Cl)c1NC(=O)CSc1nccn2nc(-c3cccs3)cc12. The molecule has 0 aliphatic rings. The molecule has 1 aromatic carbocycles. The van der Waals surface area contributed by atoms with Crippen molar-refractivity contribution >= 4 is 51.8 Å². The fourth-order valence-corrected chi connectivity index (χ4v) is 4.38. The summed E-state index contributed by atoms with van der Waals surface area (Å²) in [5, 5.41) is 10.8. The van der Waals surface area contributed by atoms with Crippen molar-refractivity contribution in [1.82, 2.24) is 14.6 Å². The van der Waals surface area contributed by atoms with Crippen LogP contribution in [-0.2, 0) is 4.79 Å². The van der Waals surface area contributed by atoms with E-state index in [1.54, 1.807) is 28.1 Å². The molecule has 0 aliphatic heterocycles. The first kappa shape index (κ1) is 18.0. The summed E-state index contributed by atoms with van der Waals surface area (Å²) in [6.45, 7) is 1.91. The molecule has 3 aromatic heterocycles. The summed E-state index contributed by atoms with van der Waals surface area (Å²) < 4.78 is 1.79. The Hall–Kier alpha value is -2.35. The number of para-hydroxylation sites is 1. The van der Waals surface area contributed by atoms with Crippen LogP contribution >= 0.6 is 34.7 Å². The molecule has 0 aliphatic carbocycles. The van der Waals surface area contributed by atoms with Gasteiger partial charge in [0.15, 0.2) is 0 Å². The number of rotatable bonds is 5. The molecule has 0 fully saturated rings. The topological polar surface area (TPSA) is 59.3 Å². The Balaban J connectivity index is 1.51. The van der Waals surface area contributed by atoms with Crippen LogP contribution < -0.4 is 5.32 Å². The fourth-order valence-electron chi connectivity index (χ4n) is 2.65. The van der Waals surface area contributed by atoms with E-state index in [1.165, 1.54) is 11.8 Å². The van der Waals surface area contributed by atoms with Crippen molar-refractivity contribution in [3.63, 3.8) is 0 Å². The second kappa shape index (κ2) is 7.72. The number of carbonyl (C=O) groups excluding carboxylic acids is 1. The monoisotopic (exact) mass is 414 g/mol. The van der Waals surface area contributed by atoms with E-state index in [0.717, 1.165) is 26.7 Å². The van der Waals surface area contributed by atoms with E-state index < -0.39 is 0 Å². The summed E-state index contributed by atoms with van der Waals surface area (Å²) in [4.78, 5) is 17.9. The molecule has 0 saturated carbocycles. The van der Waals surface area contributed by atoms with Gasteiger partial charge in [0.25, 0.3) is 0 Å². The molecule has 0 bridgehead atoms. The highest BCUT2D eigenvalue weighted by molar-refractivity contribution is 8.00. The summed E-state index contributed by atoms with van der Waals surface area (Å²) >= 11 is 9.19. The van der Waals surface area contributed by atoms with E-state index in [2.05, 4.69) is 15.4 Å². The van der Waals surface area contributed by atoms with E-state index in [-0.39, 0.29) is 11.7 Å². The second-order valence-corrected chi connectivity index (χ2v) is 8.16. The molecule has 0 spiro atoms. The van der Waals surface area contributed by atoms with Crippen LogP contribution in [0.5, 0.6) is 0 Å². The number of aromatic nitrogens is 3. The summed E-state index contributed by atoms with van der Waals surface area (Å²) in [6.07, 6.45) is 3.50. The first-order valence-corrected chi connectivity index (χ1v) is 10.4. The zero-order valence-corrected chi connectivity index (χ0v) is 16.7. The molecule has 136 valence electrons. The maximum absolute atomic E-state index is 12.4. The third-order valence-corrected chi connectivity index (χ3v) is 6.16. The number of nitrogens with one attached hydrogen (secondary N) is 1. The van der Waals surface area contributed by atoms with Gasteiger partial charge in [0.2, 0.25) is 5.91 Å². The van der Waals surface area contributed by atoms with Gasteiger partial charge in [-0.15, -0.1) is 11.3 Å². The van der Waals surface area contributed by atoms with Gasteiger partial charge in [-0.1, -0.05) is 41.6 Å². The third-order valence-electron chi connectivity index (χ3n) is 3.95. The third kappa shape index (κ3) is 3.85. The van der Waals surface area contributed by atoms with Gasteiger partial charge in [-0.3, -0.25) is 4.79 Å². The van der Waals surface area contributed by atoms with Gasteiger partial charge in [-0.25, -0.2) is 9.50 Å². The number of hydrogen-bond acceptors (Lipinski definition) is 5. The standard InChI is InChI=1S/C19H15ClN4OS2/c1-12-4-2-5-13(20)18(12)22-17(25)11-27-19-15-10-14(16-6-3-9-26-16)23-24(15)8-7-21-19/h2-10H,11H2,1H3,(H,22,25). The van der Waals surface area contributed by atoms with E-state index in [4.69, 9.17) is 11.6 Å². The van der Waals surface area contributed by atoms with Crippen LogP contribution in [0.2, 0.25) is 5.02 Å². The highest BCUT2D eigenvalue weighted by Crippen LogP contribution is 2.29. The number of thiophene rings is 1. The lowest BCUT2D eigenvalue weighted by atomic mass is 10.2. The Morgan fingerprint density at radius 2 is 2.22 bits per heavy atom. The Kier molecular flexibility index (Phi) is 5.15. The predicted octanol–water partition coefficient (Wildman–Crippen LogP) is 5.15. The van der Waals surface area contributed by atoms with Crippen LogP contribution in [0.25, 0.3) is 16.1 Å². The number of nitrogens with zero attached hydrogens (tertiary/aromatic N) is 3. The van der Waals surface area contributed by atoms with E-state index in [1.807, 2.05) is 48.8 Å². The Bertz CT molecular complexity index is 1090. The van der Waals surface area contributed by atoms with Gasteiger partial charge in [0, 0.05) is 12.4 Å². The molecule has 0 saturated heterocycles. The molecule has 1 amide bonds. The Morgan fingerprint density at radius 3 is 3.00 bits per heavy atom. The Morgan fingerprint density at radius 1 is 1.33 bits per heavy atom. The molecule has 3 heterocycles. The first-order valence-electron chi connectivity index (χ1n) is 8.18. The van der Waals surface area contributed by atoms with Crippen LogP contribution in [0.4, 0.5) is 5.69 Å². The van der Waals surface area contributed by atoms with E-state index in [0.29, 0.717) is 10.7 Å². The lowest BCUT2D eigenvalue weighted by molar-refractivity contribution is -0.113. The molecule has 4 aromatic rings. The lowest BCUT2D eigenvalue weighted by Gasteiger charge is -2.10. The highest BCUT2D eigenvalue weighted by atomic mass is 35.5. The van der Waals surface area contributed by atoms with Gasteiger partial charge < -0.3 is 5.32 Å². The highest BCUT2D eigenvalue weighted by Gasteiger charge is 2.13. The zero-order chi connectivity index (χ0) is 18.8. The number of carbonyl (C=O) groups is 1. The summed E-state index contributed by atoms with van der Waals surface area (Å²) in [6, 6.07) is 11.6. The van der Waals surface area contributed by atoms with Crippen LogP contribution in [0.1, 0.15) is 5.56 Å². The summed E-state index contributed by atoms with van der Waals surface area (Å²) in [5.41, 5.74) is 3.36. The summed E-state index contributed by atoms with van der Waals surface area (Å²) in [5.74, 6) is 0.106. The van der Waals surface area contributed by atoms with Crippen molar-refractivity contribution in [2.24, 2.45) is 0 Å². The number of benzene rings is 1. The van der Waals surface area contributed by atoms with E-state index in [9.17, 15) is 4.79 Å². The predicted molar refractivity (Wildman–Crippen MR) is 112 cm³/mol. The average molecular weight is 415 g/mol. The van der Waals surface area contributed by atoms with Gasteiger partial charge in [0.1, 0.15) is 10.7 Å². The largest absolute Gasteiger partial charge is 0.324 e. The first-order chi connectivity index (χ1) is 13.1. The maximum atomic E-state index is 12.4. The maximum Gasteiger partial charge on any atom is 0.234 e. The van der Waals surface area contributed by atoms with Crippen molar-refractivity contribution in [1.29, 1.82) is 0 Å². The van der Waals surface area contributed by atoms with Crippen molar-refractivity contribution in [2.75, 3.05) is 11.1 Å². The quantitative estimate of drug-likeness (QED) is 0.459. The zero-order valence-electron chi connectivity index (χ0n) is 14.3. The van der Waals surface area contributed by atoms with Crippen molar-refractivity contribution in [3.05, 3.63) is 64.8 Å². The summed E-state index contributed by atoms with van der Waals surface area (Å²) in [7, 11) is 0. The van der Waals surface area contributed by atoms with Crippen molar-refractivity contribution in [2.45, 2.75) is 11.9 Å². The smallest absolute Gasteiger partial charge is 0.234 e. The number of aryl methyl sites for hydroxylation is 1. The minimum atomic E-state index is -0.127.